The number of aryl methyl sites for hydroxylation is 6. The van der Waals surface area contributed by atoms with Gasteiger partial charge in [-0.3, -0.25) is 12.5 Å². The van der Waals surface area contributed by atoms with Crippen LogP contribution in [-0.2, 0) is 46.3 Å². The highest BCUT2D eigenvalue weighted by Crippen LogP contribution is 2.01. The topological polar surface area (TPSA) is 171 Å². The molecule has 0 aliphatic heterocycles. The quantitative estimate of drug-likeness (QED) is 0.419. The minimum Gasteiger partial charge on any atom is -0.277 e. The molecule has 0 saturated carbocycles. The first-order valence-corrected chi connectivity index (χ1v) is 12.2. The van der Waals surface area contributed by atoms with Crippen molar-refractivity contribution in [2.24, 2.45) is 0 Å². The molecule has 0 N–H and O–H groups in total. The molecule has 0 bridgehead atoms. The monoisotopic (exact) mass is 525 g/mol. The second kappa shape index (κ2) is 13.5. The average molecular weight is 526 g/mol. The van der Waals surface area contributed by atoms with E-state index in [0.717, 1.165) is 0 Å². The summed E-state index contributed by atoms with van der Waals surface area (Å²) in [6, 6.07) is 0. The number of nitrogens with zero attached hydrogens (tertiary/aromatic N) is 9. The third kappa shape index (κ3) is 8.23. The summed E-state index contributed by atoms with van der Waals surface area (Å²) < 4.78 is 50.7. The van der Waals surface area contributed by atoms with Crippen LogP contribution in [0, 0.1) is 41.5 Å². The van der Waals surface area contributed by atoms with E-state index in [1.165, 1.54) is 33.5 Å². The normalized spacial score (nSPS) is 13.4. The van der Waals surface area contributed by atoms with Crippen LogP contribution < -0.4 is 0 Å². The molecule has 0 saturated heterocycles. The fourth-order valence-electron chi connectivity index (χ4n) is 2.18. The zero-order valence-corrected chi connectivity index (χ0v) is 22.1. The summed E-state index contributed by atoms with van der Waals surface area (Å²) in [5.74, 6) is 3.52. The van der Waals surface area contributed by atoms with Gasteiger partial charge in [-0.2, -0.15) is 0 Å². The molecule has 3 rings (SSSR count). The lowest BCUT2D eigenvalue weighted by atomic mass is 10.7. The van der Waals surface area contributed by atoms with Gasteiger partial charge in [-0.05, 0) is 41.5 Å². The van der Waals surface area contributed by atoms with Gasteiger partial charge in [0, 0.05) is 0 Å². The number of hydrogen-bond donors (Lipinski definition) is 0. The summed E-state index contributed by atoms with van der Waals surface area (Å²) in [7, 11) is 4.08. The Morgan fingerprint density at radius 2 is 0.909 bits per heavy atom. The lowest BCUT2D eigenvalue weighted by molar-refractivity contribution is 0.433. The molecule has 0 aromatic carbocycles. The molecule has 0 fully saturated rings. The standard InChI is InChI=1S/3C5H9N3O2S/c1-4-6-7-5(2)8(4)11(9)10-3;2*1-4-6-5(2)8(7-4)11(9)10-3/h3*1-3H3. The first-order chi connectivity index (χ1) is 15.5. The fraction of sp³-hybridized carbons (Fsp3) is 0.600. The van der Waals surface area contributed by atoms with Gasteiger partial charge in [0.15, 0.2) is 0 Å². The van der Waals surface area contributed by atoms with Crippen molar-refractivity contribution in [2.45, 2.75) is 41.5 Å². The van der Waals surface area contributed by atoms with Crippen LogP contribution in [-0.4, -0.2) is 76.5 Å². The summed E-state index contributed by atoms with van der Waals surface area (Å²) >= 11 is -4.57. The Morgan fingerprint density at radius 1 is 0.576 bits per heavy atom. The highest BCUT2D eigenvalue weighted by molar-refractivity contribution is 7.79. The molecular weight excluding hydrogens is 498 g/mol. The minimum atomic E-state index is -1.54. The molecule has 3 atom stereocenters. The second-order valence-corrected chi connectivity index (χ2v) is 9.26. The van der Waals surface area contributed by atoms with Gasteiger partial charge in [0.1, 0.15) is 34.9 Å². The van der Waals surface area contributed by atoms with Crippen LogP contribution in [0.25, 0.3) is 0 Å². The van der Waals surface area contributed by atoms with Crippen LogP contribution in [0.2, 0.25) is 0 Å². The van der Waals surface area contributed by atoms with Crippen LogP contribution in [0.5, 0.6) is 0 Å². The first kappa shape index (κ1) is 28.8. The largest absolute Gasteiger partial charge is 0.286 e. The third-order valence-electron chi connectivity index (χ3n) is 3.46. The second-order valence-electron chi connectivity index (χ2n) is 5.90. The molecule has 3 unspecified atom stereocenters. The number of hydrogen-bond acceptors (Lipinski definition) is 12. The van der Waals surface area contributed by atoms with Crippen molar-refractivity contribution in [3.63, 3.8) is 0 Å². The third-order valence-corrected chi connectivity index (χ3v) is 6.40. The van der Waals surface area contributed by atoms with Gasteiger partial charge in [-0.15, -0.1) is 28.6 Å². The van der Waals surface area contributed by atoms with Crippen molar-refractivity contribution in [1.29, 1.82) is 0 Å². The molecule has 33 heavy (non-hydrogen) atoms. The molecule has 0 aliphatic rings. The van der Waals surface area contributed by atoms with Crippen molar-refractivity contribution >= 4 is 33.8 Å². The summed E-state index contributed by atoms with van der Waals surface area (Å²) in [5, 5.41) is 15.2. The summed E-state index contributed by atoms with van der Waals surface area (Å²) in [6.07, 6.45) is 0. The zero-order valence-electron chi connectivity index (χ0n) is 19.7. The van der Waals surface area contributed by atoms with Crippen molar-refractivity contribution in [2.75, 3.05) is 21.3 Å². The predicted molar refractivity (Wildman–Crippen MR) is 120 cm³/mol. The van der Waals surface area contributed by atoms with E-state index < -0.39 is 33.8 Å². The average Bonchev–Trinajstić information content (AvgIpc) is 3.42. The van der Waals surface area contributed by atoms with E-state index in [-0.39, 0.29) is 0 Å². The summed E-state index contributed by atoms with van der Waals surface area (Å²) in [5.41, 5.74) is 0. The van der Waals surface area contributed by atoms with Gasteiger partial charge < -0.3 is 0 Å². The van der Waals surface area contributed by atoms with Crippen LogP contribution in [0.15, 0.2) is 0 Å². The highest BCUT2D eigenvalue weighted by Gasteiger charge is 2.10. The molecule has 18 heteroatoms. The van der Waals surface area contributed by atoms with E-state index >= 15 is 0 Å². The van der Waals surface area contributed by atoms with Crippen LogP contribution in [0.3, 0.4) is 0 Å². The lowest BCUT2D eigenvalue weighted by Gasteiger charge is -2.00. The molecule has 3 aromatic rings. The maximum Gasteiger partial charge on any atom is 0.286 e. The Balaban J connectivity index is 0.000000247. The maximum absolute atomic E-state index is 11.1. The molecule has 15 nitrogen and oxygen atoms in total. The SMILES string of the molecule is COS(=O)n1c(C)nnc1C.COS(=O)n1nc(C)nc1C.COS(=O)n1nc(C)nc1C. The molecule has 3 heterocycles. The van der Waals surface area contributed by atoms with E-state index in [0.29, 0.717) is 34.9 Å². The number of aromatic nitrogens is 9. The van der Waals surface area contributed by atoms with E-state index in [1.54, 1.807) is 41.5 Å². The van der Waals surface area contributed by atoms with E-state index in [2.05, 4.69) is 42.9 Å². The van der Waals surface area contributed by atoms with Crippen LogP contribution in [0.4, 0.5) is 0 Å². The van der Waals surface area contributed by atoms with Gasteiger partial charge in [0.05, 0.1) is 21.3 Å². The number of rotatable bonds is 6. The fourth-order valence-corrected chi connectivity index (χ4v) is 4.00. The van der Waals surface area contributed by atoms with Crippen molar-refractivity contribution in [3.05, 3.63) is 34.9 Å². The Bertz CT molecular complexity index is 1050. The molecule has 186 valence electrons. The van der Waals surface area contributed by atoms with Crippen LogP contribution in [0.1, 0.15) is 34.9 Å². The molecule has 3 aromatic heterocycles. The smallest absolute Gasteiger partial charge is 0.277 e. The Labute approximate surface area is 199 Å². The van der Waals surface area contributed by atoms with E-state index in [4.69, 9.17) is 0 Å². The Kier molecular flexibility index (Phi) is 11.7. The van der Waals surface area contributed by atoms with Gasteiger partial charge in [-0.25, -0.2) is 26.6 Å². The molecule has 0 radical (unpaired) electrons. The van der Waals surface area contributed by atoms with Crippen molar-refractivity contribution in [1.82, 2.24) is 42.5 Å². The maximum atomic E-state index is 11.1. The van der Waals surface area contributed by atoms with E-state index in [9.17, 15) is 12.6 Å². The minimum absolute atomic E-state index is 0.586. The van der Waals surface area contributed by atoms with Crippen LogP contribution >= 0.6 is 0 Å². The van der Waals surface area contributed by atoms with Gasteiger partial charge >= 0.3 is 0 Å². The van der Waals surface area contributed by atoms with E-state index in [1.807, 2.05) is 0 Å². The predicted octanol–water partition coefficient (Wildman–Crippen LogP) is -0.0956. The van der Waals surface area contributed by atoms with Gasteiger partial charge in [-0.1, -0.05) is 0 Å². The zero-order chi connectivity index (χ0) is 25.3. The molecule has 0 spiro atoms. The summed E-state index contributed by atoms with van der Waals surface area (Å²) in [4.78, 5) is 7.92. The molecule has 0 amide bonds. The van der Waals surface area contributed by atoms with Gasteiger partial charge in [0.2, 0.25) is 0 Å². The first-order valence-electron chi connectivity index (χ1n) is 9.06. The molecule has 0 aliphatic carbocycles. The highest BCUT2D eigenvalue weighted by atomic mass is 32.2. The van der Waals surface area contributed by atoms with Crippen molar-refractivity contribution < 1.29 is 25.2 Å². The molecular formula is C15H27N9O6S3. The van der Waals surface area contributed by atoms with Crippen molar-refractivity contribution in [3.8, 4) is 0 Å². The Morgan fingerprint density at radius 3 is 1.15 bits per heavy atom. The van der Waals surface area contributed by atoms with Gasteiger partial charge in [0.25, 0.3) is 33.8 Å². The lowest BCUT2D eigenvalue weighted by Crippen LogP contribution is -2.09. The summed E-state index contributed by atoms with van der Waals surface area (Å²) in [6.45, 7) is 10.3. The Hall–Kier alpha value is -2.25.